The molecule has 1 fully saturated rings. The first-order chi connectivity index (χ1) is 6.91. The summed E-state index contributed by atoms with van der Waals surface area (Å²) in [5.74, 6) is -0.894. The molecule has 2 atom stereocenters. The van der Waals surface area contributed by atoms with Gasteiger partial charge in [-0.2, -0.15) is 0 Å². The van der Waals surface area contributed by atoms with Crippen molar-refractivity contribution in [2.45, 2.75) is 25.9 Å². The normalized spacial score (nSPS) is 29.0. The second-order valence-corrected chi connectivity index (χ2v) is 4.47. The molecule has 1 saturated heterocycles. The van der Waals surface area contributed by atoms with Gasteiger partial charge in [0, 0.05) is 37.3 Å². The molecule has 15 heavy (non-hydrogen) atoms. The summed E-state index contributed by atoms with van der Waals surface area (Å²) in [5.41, 5.74) is 0.277. The van der Waals surface area contributed by atoms with E-state index in [0.717, 1.165) is 13.1 Å². The summed E-state index contributed by atoms with van der Waals surface area (Å²) >= 11 is 0. The summed E-state index contributed by atoms with van der Waals surface area (Å²) in [5, 5.41) is 8.76. The molecule has 0 aromatic heterocycles. The van der Waals surface area contributed by atoms with Crippen LogP contribution in [0.25, 0.3) is 0 Å². The van der Waals surface area contributed by atoms with Crippen LogP contribution in [-0.2, 0) is 4.79 Å². The molecule has 1 aliphatic rings. The maximum Gasteiger partial charge on any atom is 0.332 e. The molecule has 0 bridgehead atoms. The second-order valence-electron chi connectivity index (χ2n) is 4.47. The summed E-state index contributed by atoms with van der Waals surface area (Å²) < 4.78 is 0. The first-order valence-corrected chi connectivity index (χ1v) is 5.27. The molecule has 1 aliphatic heterocycles. The topological polar surface area (TPSA) is 43.8 Å². The SMILES string of the molecule is C=C(CN1CC(C)N(C)C(C)C1)C(=O)O. The van der Waals surface area contributed by atoms with Gasteiger partial charge in [-0.1, -0.05) is 6.58 Å². The zero-order valence-electron chi connectivity index (χ0n) is 9.73. The minimum atomic E-state index is -0.894. The van der Waals surface area contributed by atoms with Crippen LogP contribution in [0.4, 0.5) is 0 Å². The first kappa shape index (κ1) is 12.2. The molecule has 0 saturated carbocycles. The number of carbonyl (C=O) groups is 1. The summed E-state index contributed by atoms with van der Waals surface area (Å²) in [4.78, 5) is 15.1. The van der Waals surface area contributed by atoms with Crippen LogP contribution in [0.15, 0.2) is 12.2 Å². The van der Waals surface area contributed by atoms with E-state index in [-0.39, 0.29) is 5.57 Å². The van der Waals surface area contributed by atoms with Crippen LogP contribution in [0.1, 0.15) is 13.8 Å². The van der Waals surface area contributed by atoms with E-state index in [1.807, 2.05) is 0 Å². The molecule has 0 aliphatic carbocycles. The molecule has 0 aromatic carbocycles. The Hall–Kier alpha value is -0.870. The van der Waals surface area contributed by atoms with Crippen LogP contribution in [-0.4, -0.2) is 59.6 Å². The number of hydrogen-bond donors (Lipinski definition) is 1. The van der Waals surface area contributed by atoms with Crippen LogP contribution in [0.2, 0.25) is 0 Å². The Morgan fingerprint density at radius 3 is 2.27 bits per heavy atom. The second kappa shape index (κ2) is 4.77. The Morgan fingerprint density at radius 2 is 1.87 bits per heavy atom. The standard InChI is InChI=1S/C11H20N2O2/c1-8(11(14)15)5-13-6-9(2)12(4)10(3)7-13/h9-10H,1,5-7H2,2-4H3,(H,14,15). The lowest BCUT2D eigenvalue weighted by atomic mass is 10.1. The number of nitrogens with zero attached hydrogens (tertiary/aromatic N) is 2. The third-order valence-electron chi connectivity index (χ3n) is 3.15. The molecule has 86 valence electrons. The highest BCUT2D eigenvalue weighted by Gasteiger charge is 2.27. The fraction of sp³-hybridized carbons (Fsp3) is 0.727. The van der Waals surface area contributed by atoms with Crippen molar-refractivity contribution < 1.29 is 9.90 Å². The van der Waals surface area contributed by atoms with Crippen molar-refractivity contribution in [3.8, 4) is 0 Å². The Bertz CT molecular complexity index is 253. The molecule has 0 radical (unpaired) electrons. The van der Waals surface area contributed by atoms with E-state index in [9.17, 15) is 4.79 Å². The van der Waals surface area contributed by atoms with Gasteiger partial charge in [0.1, 0.15) is 0 Å². The molecule has 4 heteroatoms. The van der Waals surface area contributed by atoms with Gasteiger partial charge < -0.3 is 5.11 Å². The molecule has 0 aromatic rings. The fourth-order valence-electron chi connectivity index (χ4n) is 1.98. The summed E-state index contributed by atoms with van der Waals surface area (Å²) in [6.07, 6.45) is 0. The van der Waals surface area contributed by atoms with Gasteiger partial charge in [0.15, 0.2) is 0 Å². The summed E-state index contributed by atoms with van der Waals surface area (Å²) in [7, 11) is 2.11. The maximum atomic E-state index is 10.7. The quantitative estimate of drug-likeness (QED) is 0.698. The Labute approximate surface area is 91.2 Å². The largest absolute Gasteiger partial charge is 0.478 e. The average molecular weight is 212 g/mol. The van der Waals surface area contributed by atoms with Gasteiger partial charge in [-0.15, -0.1) is 0 Å². The Morgan fingerprint density at radius 1 is 1.40 bits per heavy atom. The van der Waals surface area contributed by atoms with E-state index < -0.39 is 5.97 Å². The number of carboxylic acids is 1. The minimum absolute atomic E-state index is 0.277. The number of rotatable bonds is 3. The maximum absolute atomic E-state index is 10.7. The van der Waals surface area contributed by atoms with Crippen LogP contribution in [0, 0.1) is 0 Å². The molecule has 0 amide bonds. The lowest BCUT2D eigenvalue weighted by Crippen LogP contribution is -2.55. The van der Waals surface area contributed by atoms with E-state index in [0.29, 0.717) is 18.6 Å². The lowest BCUT2D eigenvalue weighted by Gasteiger charge is -2.42. The Balaban J connectivity index is 2.51. The monoisotopic (exact) mass is 212 g/mol. The highest BCUT2D eigenvalue weighted by molar-refractivity contribution is 5.86. The van der Waals surface area contributed by atoms with E-state index in [1.165, 1.54) is 0 Å². The third-order valence-corrected chi connectivity index (χ3v) is 3.15. The van der Waals surface area contributed by atoms with Crippen LogP contribution < -0.4 is 0 Å². The molecule has 2 unspecified atom stereocenters. The molecule has 1 rings (SSSR count). The van der Waals surface area contributed by atoms with Gasteiger partial charge in [0.05, 0.1) is 0 Å². The number of aliphatic carboxylic acids is 1. The van der Waals surface area contributed by atoms with E-state index >= 15 is 0 Å². The minimum Gasteiger partial charge on any atom is -0.478 e. The highest BCUT2D eigenvalue weighted by Crippen LogP contribution is 2.14. The molecule has 1 heterocycles. The van der Waals surface area contributed by atoms with E-state index in [1.54, 1.807) is 0 Å². The van der Waals surface area contributed by atoms with Crippen molar-refractivity contribution in [2.24, 2.45) is 0 Å². The number of likely N-dealkylation sites (N-methyl/N-ethyl adjacent to an activating group) is 1. The predicted molar refractivity (Wildman–Crippen MR) is 59.9 cm³/mol. The van der Waals surface area contributed by atoms with Gasteiger partial charge in [-0.3, -0.25) is 9.80 Å². The summed E-state index contributed by atoms with van der Waals surface area (Å²) in [6.45, 7) is 10.2. The van der Waals surface area contributed by atoms with Gasteiger partial charge >= 0.3 is 5.97 Å². The van der Waals surface area contributed by atoms with Crippen LogP contribution in [0.3, 0.4) is 0 Å². The van der Waals surface area contributed by atoms with Crippen molar-refractivity contribution in [1.82, 2.24) is 9.80 Å². The number of piperazine rings is 1. The van der Waals surface area contributed by atoms with E-state index in [2.05, 4.69) is 37.3 Å². The van der Waals surface area contributed by atoms with Gasteiger partial charge in [0.2, 0.25) is 0 Å². The van der Waals surface area contributed by atoms with Crippen molar-refractivity contribution in [1.29, 1.82) is 0 Å². The summed E-state index contributed by atoms with van der Waals surface area (Å²) in [6, 6.07) is 0.936. The molecule has 0 spiro atoms. The van der Waals surface area contributed by atoms with Crippen LogP contribution in [0.5, 0.6) is 0 Å². The fourth-order valence-corrected chi connectivity index (χ4v) is 1.98. The van der Waals surface area contributed by atoms with Crippen molar-refractivity contribution >= 4 is 5.97 Å². The van der Waals surface area contributed by atoms with Crippen molar-refractivity contribution in [3.63, 3.8) is 0 Å². The average Bonchev–Trinajstić information content (AvgIpc) is 2.13. The zero-order chi connectivity index (χ0) is 11.6. The van der Waals surface area contributed by atoms with Gasteiger partial charge in [-0.25, -0.2) is 4.79 Å². The Kier molecular flexibility index (Phi) is 3.88. The van der Waals surface area contributed by atoms with Gasteiger partial charge in [0.25, 0.3) is 0 Å². The highest BCUT2D eigenvalue weighted by atomic mass is 16.4. The van der Waals surface area contributed by atoms with E-state index in [4.69, 9.17) is 5.11 Å². The lowest BCUT2D eigenvalue weighted by molar-refractivity contribution is -0.133. The smallest absolute Gasteiger partial charge is 0.332 e. The van der Waals surface area contributed by atoms with Crippen molar-refractivity contribution in [3.05, 3.63) is 12.2 Å². The molecular formula is C11H20N2O2. The zero-order valence-corrected chi connectivity index (χ0v) is 9.73. The first-order valence-electron chi connectivity index (χ1n) is 5.27. The predicted octanol–water partition coefficient (Wildman–Crippen LogP) is 0.652. The molecule has 4 nitrogen and oxygen atoms in total. The van der Waals surface area contributed by atoms with Crippen molar-refractivity contribution in [2.75, 3.05) is 26.7 Å². The van der Waals surface area contributed by atoms with Gasteiger partial charge in [-0.05, 0) is 20.9 Å². The molecule has 1 N–H and O–H groups in total. The third kappa shape index (κ3) is 3.04. The molecular weight excluding hydrogens is 192 g/mol. The number of carboxylic acid groups (broad SMARTS) is 1. The number of hydrogen-bond acceptors (Lipinski definition) is 3. The van der Waals surface area contributed by atoms with Crippen LogP contribution >= 0.6 is 0 Å².